The predicted octanol–water partition coefficient (Wildman–Crippen LogP) is 2.70. The molecule has 0 fully saturated rings. The molecule has 14 heavy (non-hydrogen) atoms. The van der Waals surface area contributed by atoms with Gasteiger partial charge in [-0.3, -0.25) is 4.98 Å². The summed E-state index contributed by atoms with van der Waals surface area (Å²) in [6.07, 6.45) is 1.22. The lowest BCUT2D eigenvalue weighted by Crippen LogP contribution is -2.00. The van der Waals surface area contributed by atoms with Crippen molar-refractivity contribution in [3.63, 3.8) is 0 Å². The smallest absolute Gasteiger partial charge is 0.114 e. The summed E-state index contributed by atoms with van der Waals surface area (Å²) in [5.41, 5.74) is 3.94. The zero-order valence-electron chi connectivity index (χ0n) is 9.20. The van der Waals surface area contributed by atoms with E-state index >= 15 is 0 Å². The number of pyridine rings is 1. The van der Waals surface area contributed by atoms with E-state index in [-0.39, 0.29) is 0 Å². The van der Waals surface area contributed by atoms with E-state index in [4.69, 9.17) is 0 Å². The van der Waals surface area contributed by atoms with Crippen molar-refractivity contribution in [2.45, 2.75) is 33.8 Å². The Morgan fingerprint density at radius 1 is 1.36 bits per heavy atom. The molecule has 1 rings (SSSR count). The SMILES string of the molecule is CC(C)=CC(O)c1ccc(C)c(C)n1. The molecule has 76 valence electrons. The lowest BCUT2D eigenvalue weighted by molar-refractivity contribution is 0.222. The Balaban J connectivity index is 2.97. The molecule has 1 N–H and O–H groups in total. The monoisotopic (exact) mass is 191 g/mol. The second kappa shape index (κ2) is 4.38. The second-order valence-electron chi connectivity index (χ2n) is 3.83. The lowest BCUT2D eigenvalue weighted by atomic mass is 10.1. The standard InChI is InChI=1S/C12H17NO/c1-8(2)7-12(14)11-6-5-9(3)10(4)13-11/h5-7,12,14H,1-4H3. The van der Waals surface area contributed by atoms with E-state index in [1.54, 1.807) is 6.08 Å². The summed E-state index contributed by atoms with van der Waals surface area (Å²) < 4.78 is 0. The first-order valence-corrected chi connectivity index (χ1v) is 4.78. The van der Waals surface area contributed by atoms with Gasteiger partial charge in [0.1, 0.15) is 6.10 Å². The van der Waals surface area contributed by atoms with E-state index in [9.17, 15) is 5.11 Å². The Morgan fingerprint density at radius 2 is 2.00 bits per heavy atom. The molecule has 0 spiro atoms. The van der Waals surface area contributed by atoms with Crippen molar-refractivity contribution in [1.29, 1.82) is 0 Å². The van der Waals surface area contributed by atoms with Crippen LogP contribution in [0.15, 0.2) is 23.8 Å². The summed E-state index contributed by atoms with van der Waals surface area (Å²) in [6, 6.07) is 3.85. The van der Waals surface area contributed by atoms with E-state index < -0.39 is 6.10 Å². The third-order valence-electron chi connectivity index (χ3n) is 2.17. The normalized spacial score (nSPS) is 12.4. The Labute approximate surface area is 85.3 Å². The van der Waals surface area contributed by atoms with Crippen LogP contribution in [0.25, 0.3) is 0 Å². The van der Waals surface area contributed by atoms with Crippen LogP contribution >= 0.6 is 0 Å². The molecule has 0 saturated heterocycles. The van der Waals surface area contributed by atoms with Gasteiger partial charge in [-0.1, -0.05) is 17.7 Å². The first-order valence-electron chi connectivity index (χ1n) is 4.78. The van der Waals surface area contributed by atoms with Gasteiger partial charge in [-0.2, -0.15) is 0 Å². The minimum Gasteiger partial charge on any atom is -0.383 e. The van der Waals surface area contributed by atoms with Gasteiger partial charge in [0.2, 0.25) is 0 Å². The lowest BCUT2D eigenvalue weighted by Gasteiger charge is -2.08. The summed E-state index contributed by atoms with van der Waals surface area (Å²) in [6.45, 7) is 7.89. The average Bonchev–Trinajstić information content (AvgIpc) is 2.08. The number of allylic oxidation sites excluding steroid dienone is 1. The number of hydrogen-bond donors (Lipinski definition) is 1. The molecule has 0 aromatic carbocycles. The Bertz CT molecular complexity index is 351. The highest BCUT2D eigenvalue weighted by atomic mass is 16.3. The fraction of sp³-hybridized carbons (Fsp3) is 0.417. The molecule has 0 aliphatic carbocycles. The van der Waals surface area contributed by atoms with Crippen LogP contribution in [0, 0.1) is 13.8 Å². The number of hydrogen-bond acceptors (Lipinski definition) is 2. The average molecular weight is 191 g/mol. The molecule has 2 heteroatoms. The van der Waals surface area contributed by atoms with Gasteiger partial charge < -0.3 is 5.11 Å². The first-order chi connectivity index (χ1) is 6.50. The minimum atomic E-state index is -0.584. The number of aryl methyl sites for hydroxylation is 2. The van der Waals surface area contributed by atoms with Crippen molar-refractivity contribution in [2.75, 3.05) is 0 Å². The zero-order valence-corrected chi connectivity index (χ0v) is 9.20. The van der Waals surface area contributed by atoms with E-state index in [2.05, 4.69) is 4.98 Å². The highest BCUT2D eigenvalue weighted by Gasteiger charge is 2.06. The van der Waals surface area contributed by atoms with Crippen molar-refractivity contribution in [2.24, 2.45) is 0 Å². The Hall–Kier alpha value is -1.15. The van der Waals surface area contributed by atoms with E-state index in [0.717, 1.165) is 16.8 Å². The van der Waals surface area contributed by atoms with E-state index in [1.165, 1.54) is 0 Å². The van der Waals surface area contributed by atoms with Crippen molar-refractivity contribution in [1.82, 2.24) is 4.98 Å². The number of aromatic nitrogens is 1. The Kier molecular flexibility index (Phi) is 3.42. The number of rotatable bonds is 2. The molecule has 1 aromatic heterocycles. The molecular formula is C12H17NO. The maximum Gasteiger partial charge on any atom is 0.114 e. The molecule has 0 radical (unpaired) electrons. The summed E-state index contributed by atoms with van der Waals surface area (Å²) in [7, 11) is 0. The molecule has 1 aromatic rings. The maximum atomic E-state index is 9.77. The topological polar surface area (TPSA) is 33.1 Å². The summed E-state index contributed by atoms with van der Waals surface area (Å²) in [5.74, 6) is 0. The van der Waals surface area contributed by atoms with Gasteiger partial charge in [0.25, 0.3) is 0 Å². The molecule has 0 aliphatic heterocycles. The summed E-state index contributed by atoms with van der Waals surface area (Å²) in [5, 5.41) is 9.77. The van der Waals surface area contributed by atoms with Gasteiger partial charge in [0.15, 0.2) is 0 Å². The molecule has 0 amide bonds. The van der Waals surface area contributed by atoms with Crippen LogP contribution in [0.2, 0.25) is 0 Å². The van der Waals surface area contributed by atoms with Crippen LogP contribution in [0.1, 0.15) is 36.9 Å². The van der Waals surface area contributed by atoms with Gasteiger partial charge in [-0.05, 0) is 39.3 Å². The second-order valence-corrected chi connectivity index (χ2v) is 3.83. The molecule has 1 atom stereocenters. The number of aliphatic hydroxyl groups is 1. The summed E-state index contributed by atoms with van der Waals surface area (Å²) in [4.78, 5) is 4.33. The van der Waals surface area contributed by atoms with Crippen LogP contribution in [-0.4, -0.2) is 10.1 Å². The molecule has 1 unspecified atom stereocenters. The molecule has 0 aliphatic rings. The van der Waals surface area contributed by atoms with Crippen LogP contribution in [0.4, 0.5) is 0 Å². The van der Waals surface area contributed by atoms with Crippen molar-refractivity contribution in [3.05, 3.63) is 40.7 Å². The molecule has 0 saturated carbocycles. The zero-order chi connectivity index (χ0) is 10.7. The largest absolute Gasteiger partial charge is 0.383 e. The van der Waals surface area contributed by atoms with Gasteiger partial charge in [0.05, 0.1) is 5.69 Å². The fourth-order valence-electron chi connectivity index (χ4n) is 1.22. The van der Waals surface area contributed by atoms with E-state index in [0.29, 0.717) is 5.69 Å². The van der Waals surface area contributed by atoms with Crippen LogP contribution < -0.4 is 0 Å². The minimum absolute atomic E-state index is 0.584. The quantitative estimate of drug-likeness (QED) is 0.729. The third-order valence-corrected chi connectivity index (χ3v) is 2.17. The third kappa shape index (κ3) is 2.67. The highest BCUT2D eigenvalue weighted by molar-refractivity contribution is 5.23. The highest BCUT2D eigenvalue weighted by Crippen LogP contribution is 2.15. The predicted molar refractivity (Wildman–Crippen MR) is 58.1 cm³/mol. The summed E-state index contributed by atoms with van der Waals surface area (Å²) >= 11 is 0. The van der Waals surface area contributed by atoms with Crippen molar-refractivity contribution >= 4 is 0 Å². The number of nitrogens with zero attached hydrogens (tertiary/aromatic N) is 1. The van der Waals surface area contributed by atoms with Gasteiger partial charge >= 0.3 is 0 Å². The molecule has 0 bridgehead atoms. The van der Waals surface area contributed by atoms with Gasteiger partial charge in [-0.15, -0.1) is 0 Å². The van der Waals surface area contributed by atoms with Gasteiger partial charge in [0, 0.05) is 5.69 Å². The van der Waals surface area contributed by atoms with Crippen LogP contribution in [-0.2, 0) is 0 Å². The molecule has 1 heterocycles. The Morgan fingerprint density at radius 3 is 2.50 bits per heavy atom. The molecular weight excluding hydrogens is 174 g/mol. The van der Waals surface area contributed by atoms with E-state index in [1.807, 2.05) is 39.8 Å². The van der Waals surface area contributed by atoms with Crippen LogP contribution in [0.5, 0.6) is 0 Å². The van der Waals surface area contributed by atoms with Gasteiger partial charge in [-0.25, -0.2) is 0 Å². The maximum absolute atomic E-state index is 9.77. The molecule has 2 nitrogen and oxygen atoms in total. The van der Waals surface area contributed by atoms with Crippen molar-refractivity contribution < 1.29 is 5.11 Å². The number of aliphatic hydroxyl groups excluding tert-OH is 1. The first kappa shape index (κ1) is 10.9. The van der Waals surface area contributed by atoms with Crippen LogP contribution in [0.3, 0.4) is 0 Å². The van der Waals surface area contributed by atoms with Crippen molar-refractivity contribution in [3.8, 4) is 0 Å². The fourth-order valence-corrected chi connectivity index (χ4v) is 1.22.